The number of hydrogen-bond donors (Lipinski definition) is 1. The van der Waals surface area contributed by atoms with Crippen LogP contribution in [0.15, 0.2) is 34.8 Å². The summed E-state index contributed by atoms with van der Waals surface area (Å²) in [5, 5.41) is 3.30. The molecular formula is C17H23BrN4. The molecule has 2 aromatic rings. The molecule has 118 valence electrons. The van der Waals surface area contributed by atoms with Crippen LogP contribution in [0.2, 0.25) is 0 Å². The van der Waals surface area contributed by atoms with E-state index in [1.54, 1.807) is 0 Å². The number of nitrogens with zero attached hydrogens (tertiary/aromatic N) is 3. The van der Waals surface area contributed by atoms with Gasteiger partial charge in [0.2, 0.25) is 5.95 Å². The van der Waals surface area contributed by atoms with Crippen LogP contribution in [0.5, 0.6) is 0 Å². The van der Waals surface area contributed by atoms with Gasteiger partial charge in [-0.15, -0.1) is 0 Å². The number of anilines is 3. The highest BCUT2D eigenvalue weighted by Crippen LogP contribution is 2.20. The van der Waals surface area contributed by atoms with Crippen molar-refractivity contribution >= 4 is 33.4 Å². The van der Waals surface area contributed by atoms with Gasteiger partial charge in [0.05, 0.1) is 0 Å². The molecule has 0 saturated heterocycles. The van der Waals surface area contributed by atoms with Crippen LogP contribution >= 0.6 is 15.9 Å². The van der Waals surface area contributed by atoms with E-state index in [4.69, 9.17) is 0 Å². The van der Waals surface area contributed by atoms with Gasteiger partial charge in [-0.1, -0.05) is 29.3 Å². The Morgan fingerprint density at radius 1 is 1.05 bits per heavy atom. The summed E-state index contributed by atoms with van der Waals surface area (Å²) in [6.45, 7) is 8.34. The Hall–Kier alpha value is -1.62. The second-order valence-corrected chi connectivity index (χ2v) is 6.01. The number of aryl methyl sites for hydroxylation is 1. The monoisotopic (exact) mass is 362 g/mol. The van der Waals surface area contributed by atoms with Crippen LogP contribution in [0.1, 0.15) is 32.9 Å². The lowest BCUT2D eigenvalue weighted by molar-refractivity contribution is 0.824. The van der Waals surface area contributed by atoms with Crippen LogP contribution in [-0.2, 0) is 6.42 Å². The van der Waals surface area contributed by atoms with E-state index in [0.717, 1.165) is 47.6 Å². The Bertz CT molecular complexity index is 594. The number of halogens is 1. The van der Waals surface area contributed by atoms with Crippen molar-refractivity contribution in [1.29, 1.82) is 0 Å². The van der Waals surface area contributed by atoms with Crippen molar-refractivity contribution in [2.45, 2.75) is 33.6 Å². The second-order valence-electron chi connectivity index (χ2n) is 5.10. The van der Waals surface area contributed by atoms with Crippen LogP contribution in [0.4, 0.5) is 17.5 Å². The van der Waals surface area contributed by atoms with Gasteiger partial charge in [0.1, 0.15) is 5.82 Å². The summed E-state index contributed by atoms with van der Waals surface area (Å²) >= 11 is 3.45. The van der Waals surface area contributed by atoms with Crippen molar-refractivity contribution in [3.05, 3.63) is 40.5 Å². The minimum atomic E-state index is 0.662. The third kappa shape index (κ3) is 4.44. The topological polar surface area (TPSA) is 41.1 Å². The molecule has 0 aliphatic rings. The number of benzene rings is 1. The fraction of sp³-hybridized carbons (Fsp3) is 0.412. The summed E-state index contributed by atoms with van der Waals surface area (Å²) in [7, 11) is 0. The largest absolute Gasteiger partial charge is 0.357 e. The predicted molar refractivity (Wildman–Crippen MR) is 97.0 cm³/mol. The highest BCUT2D eigenvalue weighted by atomic mass is 79.9. The highest BCUT2D eigenvalue weighted by molar-refractivity contribution is 9.10. The molecule has 1 heterocycles. The molecule has 0 fully saturated rings. The van der Waals surface area contributed by atoms with Gasteiger partial charge in [-0.05, 0) is 44.5 Å². The van der Waals surface area contributed by atoms with Crippen LogP contribution in [0, 0.1) is 0 Å². The molecule has 0 bridgehead atoms. The molecule has 0 saturated carbocycles. The molecule has 1 aromatic heterocycles. The lowest BCUT2D eigenvalue weighted by Crippen LogP contribution is -2.23. The zero-order chi connectivity index (χ0) is 15.9. The van der Waals surface area contributed by atoms with Gasteiger partial charge in [-0.2, -0.15) is 4.98 Å². The molecule has 1 N–H and O–H groups in total. The lowest BCUT2D eigenvalue weighted by atomic mass is 10.2. The lowest BCUT2D eigenvalue weighted by Gasteiger charge is -2.21. The van der Waals surface area contributed by atoms with Crippen molar-refractivity contribution in [3.8, 4) is 0 Å². The van der Waals surface area contributed by atoms with E-state index in [1.165, 1.54) is 0 Å². The van der Waals surface area contributed by atoms with E-state index in [0.29, 0.717) is 5.95 Å². The van der Waals surface area contributed by atoms with Crippen molar-refractivity contribution in [2.75, 3.05) is 23.3 Å². The molecule has 0 unspecified atom stereocenters. The smallest absolute Gasteiger partial charge is 0.229 e. The molecular weight excluding hydrogens is 340 g/mol. The van der Waals surface area contributed by atoms with Gasteiger partial charge in [0.15, 0.2) is 0 Å². The molecule has 0 aliphatic heterocycles. The number of rotatable bonds is 7. The van der Waals surface area contributed by atoms with Gasteiger partial charge < -0.3 is 10.2 Å². The molecule has 4 nitrogen and oxygen atoms in total. The van der Waals surface area contributed by atoms with Crippen molar-refractivity contribution in [1.82, 2.24) is 9.97 Å². The molecule has 22 heavy (non-hydrogen) atoms. The maximum Gasteiger partial charge on any atom is 0.229 e. The Kier molecular flexibility index (Phi) is 6.19. The van der Waals surface area contributed by atoms with Crippen LogP contribution in [-0.4, -0.2) is 23.1 Å². The standard InChI is InChI=1S/C17H23BrN4/c1-4-7-15-12-16(22(5-2)6-3)21-17(20-15)19-14-10-8-13(18)9-11-14/h8-12H,4-7H2,1-3H3,(H,19,20,21). The predicted octanol–water partition coefficient (Wildman–Crippen LogP) is 4.78. The number of nitrogens with one attached hydrogen (secondary N) is 1. The van der Waals surface area contributed by atoms with Gasteiger partial charge in [0, 0.05) is 35.0 Å². The van der Waals surface area contributed by atoms with Gasteiger partial charge in [-0.25, -0.2) is 4.98 Å². The molecule has 2 rings (SSSR count). The molecule has 0 amide bonds. The molecule has 1 aromatic carbocycles. The van der Waals surface area contributed by atoms with E-state index in [2.05, 4.69) is 63.0 Å². The van der Waals surface area contributed by atoms with E-state index in [1.807, 2.05) is 24.3 Å². The first-order valence-corrected chi connectivity index (χ1v) is 8.61. The molecule has 0 radical (unpaired) electrons. The summed E-state index contributed by atoms with van der Waals surface area (Å²) < 4.78 is 1.06. The van der Waals surface area contributed by atoms with Crippen LogP contribution < -0.4 is 10.2 Å². The van der Waals surface area contributed by atoms with E-state index < -0.39 is 0 Å². The number of aromatic nitrogens is 2. The first kappa shape index (κ1) is 16.7. The summed E-state index contributed by atoms with van der Waals surface area (Å²) in [5.41, 5.74) is 2.07. The van der Waals surface area contributed by atoms with Crippen molar-refractivity contribution in [3.63, 3.8) is 0 Å². The average molecular weight is 363 g/mol. The Balaban J connectivity index is 2.30. The van der Waals surface area contributed by atoms with Gasteiger partial charge in [-0.3, -0.25) is 0 Å². The first-order valence-electron chi connectivity index (χ1n) is 7.81. The van der Waals surface area contributed by atoms with E-state index >= 15 is 0 Å². The highest BCUT2D eigenvalue weighted by Gasteiger charge is 2.09. The fourth-order valence-corrected chi connectivity index (χ4v) is 2.56. The van der Waals surface area contributed by atoms with Crippen molar-refractivity contribution < 1.29 is 0 Å². The minimum absolute atomic E-state index is 0.662. The normalized spacial score (nSPS) is 10.5. The molecule has 5 heteroatoms. The fourth-order valence-electron chi connectivity index (χ4n) is 2.30. The second kappa shape index (κ2) is 8.13. The number of hydrogen-bond acceptors (Lipinski definition) is 4. The van der Waals surface area contributed by atoms with E-state index in [-0.39, 0.29) is 0 Å². The van der Waals surface area contributed by atoms with Crippen LogP contribution in [0.25, 0.3) is 0 Å². The van der Waals surface area contributed by atoms with Crippen molar-refractivity contribution in [2.24, 2.45) is 0 Å². The van der Waals surface area contributed by atoms with Gasteiger partial charge in [0.25, 0.3) is 0 Å². The SMILES string of the molecule is CCCc1cc(N(CC)CC)nc(Nc2ccc(Br)cc2)n1. The first-order chi connectivity index (χ1) is 10.7. The quantitative estimate of drug-likeness (QED) is 0.769. The summed E-state index contributed by atoms with van der Waals surface area (Å²) in [4.78, 5) is 11.5. The molecule has 0 aliphatic carbocycles. The Morgan fingerprint density at radius 3 is 2.32 bits per heavy atom. The maximum absolute atomic E-state index is 4.67. The minimum Gasteiger partial charge on any atom is -0.357 e. The van der Waals surface area contributed by atoms with Gasteiger partial charge >= 0.3 is 0 Å². The summed E-state index contributed by atoms with van der Waals surface area (Å²) in [6, 6.07) is 10.1. The maximum atomic E-state index is 4.67. The third-order valence-corrected chi connectivity index (χ3v) is 3.99. The molecule has 0 atom stereocenters. The molecule has 0 spiro atoms. The zero-order valence-corrected chi connectivity index (χ0v) is 15.0. The summed E-state index contributed by atoms with van der Waals surface area (Å²) in [6.07, 6.45) is 2.04. The average Bonchev–Trinajstić information content (AvgIpc) is 2.51. The Labute approximate surface area is 141 Å². The summed E-state index contributed by atoms with van der Waals surface area (Å²) in [5.74, 6) is 1.65. The van der Waals surface area contributed by atoms with Crippen LogP contribution in [0.3, 0.4) is 0 Å². The zero-order valence-electron chi connectivity index (χ0n) is 13.4. The Morgan fingerprint density at radius 2 is 1.73 bits per heavy atom. The third-order valence-electron chi connectivity index (χ3n) is 3.46. The van der Waals surface area contributed by atoms with E-state index in [9.17, 15) is 0 Å².